The van der Waals surface area contributed by atoms with Gasteiger partial charge in [0.05, 0.1) is 6.04 Å². The van der Waals surface area contributed by atoms with Crippen molar-refractivity contribution in [1.29, 1.82) is 0 Å². The Kier molecular flexibility index (Phi) is 5.37. The fraction of sp³-hybridized carbons (Fsp3) is 0.235. The van der Waals surface area contributed by atoms with Gasteiger partial charge in [-0.25, -0.2) is 0 Å². The summed E-state index contributed by atoms with van der Waals surface area (Å²) in [5.41, 5.74) is 7.99. The predicted molar refractivity (Wildman–Crippen MR) is 86.0 cm³/mol. The third-order valence-corrected chi connectivity index (χ3v) is 3.59. The molecule has 2 aromatic carbocycles. The van der Waals surface area contributed by atoms with Crippen LogP contribution in [0.15, 0.2) is 54.6 Å². The normalized spacial score (nSPS) is 13.5. The number of hydrogen-bond donors (Lipinski definition) is 2. The van der Waals surface area contributed by atoms with Crippen LogP contribution in [0.3, 0.4) is 0 Å². The third-order valence-electron chi connectivity index (χ3n) is 3.36. The molecule has 0 aliphatic rings. The number of carbonyl (C=O) groups excluding carboxylic acids is 1. The van der Waals surface area contributed by atoms with E-state index in [1.165, 1.54) is 0 Å². The van der Waals surface area contributed by atoms with Gasteiger partial charge in [-0.3, -0.25) is 4.79 Å². The van der Waals surface area contributed by atoms with Gasteiger partial charge in [0.2, 0.25) is 5.91 Å². The van der Waals surface area contributed by atoms with Crippen LogP contribution in [-0.2, 0) is 4.79 Å². The van der Waals surface area contributed by atoms with Crippen LogP contribution in [0.25, 0.3) is 0 Å². The fourth-order valence-corrected chi connectivity index (χ4v) is 2.38. The molecule has 0 spiro atoms. The Morgan fingerprint density at radius 3 is 2.48 bits per heavy atom. The van der Waals surface area contributed by atoms with E-state index in [1.54, 1.807) is 0 Å². The van der Waals surface area contributed by atoms with E-state index in [2.05, 4.69) is 5.32 Å². The molecule has 21 heavy (non-hydrogen) atoms. The third kappa shape index (κ3) is 4.59. The Balaban J connectivity index is 1.92. The second-order valence-corrected chi connectivity index (χ2v) is 5.50. The summed E-state index contributed by atoms with van der Waals surface area (Å²) in [6.07, 6.45) is 0.259. The maximum atomic E-state index is 12.1. The molecule has 0 bridgehead atoms. The zero-order valence-corrected chi connectivity index (χ0v) is 12.7. The molecule has 4 heteroatoms. The number of amides is 1. The summed E-state index contributed by atoms with van der Waals surface area (Å²) in [4.78, 5) is 12.1. The predicted octanol–water partition coefficient (Wildman–Crippen LogP) is 3.61. The lowest BCUT2D eigenvalue weighted by molar-refractivity contribution is -0.122. The lowest BCUT2D eigenvalue weighted by Crippen LogP contribution is -2.29. The van der Waals surface area contributed by atoms with Gasteiger partial charge in [-0.15, -0.1) is 0 Å². The monoisotopic (exact) mass is 302 g/mol. The van der Waals surface area contributed by atoms with E-state index < -0.39 is 0 Å². The number of carbonyl (C=O) groups is 1. The summed E-state index contributed by atoms with van der Waals surface area (Å²) in [7, 11) is 0. The standard InChI is InChI=1S/C17H19ClN2O/c1-12(14-8-5-9-15(18)10-14)20-17(21)11-16(19)13-6-3-2-4-7-13/h2-10,12,16H,11,19H2,1H3,(H,20,21). The van der Waals surface area contributed by atoms with E-state index in [-0.39, 0.29) is 24.4 Å². The van der Waals surface area contributed by atoms with Crippen LogP contribution in [-0.4, -0.2) is 5.91 Å². The Morgan fingerprint density at radius 1 is 1.14 bits per heavy atom. The van der Waals surface area contributed by atoms with E-state index in [4.69, 9.17) is 17.3 Å². The van der Waals surface area contributed by atoms with Crippen LogP contribution < -0.4 is 11.1 Å². The van der Waals surface area contributed by atoms with E-state index in [0.29, 0.717) is 5.02 Å². The van der Waals surface area contributed by atoms with Gasteiger partial charge in [-0.1, -0.05) is 54.1 Å². The van der Waals surface area contributed by atoms with Crippen molar-refractivity contribution in [3.8, 4) is 0 Å². The topological polar surface area (TPSA) is 55.1 Å². The largest absolute Gasteiger partial charge is 0.350 e. The van der Waals surface area contributed by atoms with Gasteiger partial charge in [0.25, 0.3) is 0 Å². The first kappa shape index (κ1) is 15.5. The molecule has 0 saturated heterocycles. The summed E-state index contributed by atoms with van der Waals surface area (Å²) in [6, 6.07) is 16.7. The SMILES string of the molecule is CC(NC(=O)CC(N)c1ccccc1)c1cccc(Cl)c1. The van der Waals surface area contributed by atoms with Crippen molar-refractivity contribution < 1.29 is 4.79 Å². The molecule has 2 aromatic rings. The summed E-state index contributed by atoms with van der Waals surface area (Å²) in [6.45, 7) is 1.93. The van der Waals surface area contributed by atoms with E-state index in [0.717, 1.165) is 11.1 Å². The zero-order valence-electron chi connectivity index (χ0n) is 11.9. The Morgan fingerprint density at radius 2 is 1.81 bits per heavy atom. The fourth-order valence-electron chi connectivity index (χ4n) is 2.18. The van der Waals surface area contributed by atoms with Gasteiger partial charge in [-0.05, 0) is 30.2 Å². The molecule has 0 saturated carbocycles. The zero-order chi connectivity index (χ0) is 15.2. The highest BCUT2D eigenvalue weighted by molar-refractivity contribution is 6.30. The van der Waals surface area contributed by atoms with Crippen molar-refractivity contribution in [2.75, 3.05) is 0 Å². The van der Waals surface area contributed by atoms with Crippen molar-refractivity contribution in [2.24, 2.45) is 5.73 Å². The van der Waals surface area contributed by atoms with Crippen LogP contribution >= 0.6 is 11.6 Å². The molecule has 0 aliphatic heterocycles. The van der Waals surface area contributed by atoms with Crippen molar-refractivity contribution in [1.82, 2.24) is 5.32 Å². The molecular weight excluding hydrogens is 284 g/mol. The summed E-state index contributed by atoms with van der Waals surface area (Å²) in [5.74, 6) is -0.0705. The molecule has 0 heterocycles. The first-order chi connectivity index (χ1) is 10.1. The van der Waals surface area contributed by atoms with Gasteiger partial charge in [0.15, 0.2) is 0 Å². The number of benzene rings is 2. The smallest absolute Gasteiger partial charge is 0.222 e. The molecule has 0 aliphatic carbocycles. The van der Waals surface area contributed by atoms with Crippen molar-refractivity contribution >= 4 is 17.5 Å². The quantitative estimate of drug-likeness (QED) is 0.886. The minimum atomic E-state index is -0.294. The summed E-state index contributed by atoms with van der Waals surface area (Å²) >= 11 is 5.96. The lowest BCUT2D eigenvalue weighted by atomic mass is 10.0. The average molecular weight is 303 g/mol. The van der Waals surface area contributed by atoms with Gasteiger partial charge in [-0.2, -0.15) is 0 Å². The average Bonchev–Trinajstić information content (AvgIpc) is 2.48. The van der Waals surface area contributed by atoms with Crippen molar-refractivity contribution in [2.45, 2.75) is 25.4 Å². The highest BCUT2D eigenvalue weighted by Crippen LogP contribution is 2.18. The molecule has 3 nitrogen and oxygen atoms in total. The molecule has 3 N–H and O–H groups in total. The number of nitrogens with one attached hydrogen (secondary N) is 1. The second kappa shape index (κ2) is 7.25. The molecule has 0 radical (unpaired) electrons. The first-order valence-corrected chi connectivity index (χ1v) is 7.29. The van der Waals surface area contributed by atoms with E-state index >= 15 is 0 Å². The molecule has 2 atom stereocenters. The highest BCUT2D eigenvalue weighted by Gasteiger charge is 2.14. The van der Waals surface area contributed by atoms with Crippen LogP contribution in [0.4, 0.5) is 0 Å². The van der Waals surface area contributed by atoms with Gasteiger partial charge >= 0.3 is 0 Å². The number of hydrogen-bond acceptors (Lipinski definition) is 2. The van der Waals surface area contributed by atoms with Gasteiger partial charge < -0.3 is 11.1 Å². The molecule has 110 valence electrons. The van der Waals surface area contributed by atoms with Crippen LogP contribution in [0.1, 0.15) is 36.6 Å². The van der Waals surface area contributed by atoms with Crippen molar-refractivity contribution in [3.63, 3.8) is 0 Å². The summed E-state index contributed by atoms with van der Waals surface area (Å²) in [5, 5.41) is 3.61. The number of nitrogens with two attached hydrogens (primary N) is 1. The Labute approximate surface area is 130 Å². The number of rotatable bonds is 5. The first-order valence-electron chi connectivity index (χ1n) is 6.91. The minimum absolute atomic E-state index is 0.0705. The molecule has 0 fully saturated rings. The van der Waals surface area contributed by atoms with Crippen LogP contribution in [0, 0.1) is 0 Å². The van der Waals surface area contributed by atoms with E-state index in [9.17, 15) is 4.79 Å². The molecule has 2 unspecified atom stereocenters. The molecule has 1 amide bonds. The Hall–Kier alpha value is -1.84. The maximum Gasteiger partial charge on any atom is 0.222 e. The van der Waals surface area contributed by atoms with Crippen molar-refractivity contribution in [3.05, 3.63) is 70.7 Å². The second-order valence-electron chi connectivity index (χ2n) is 5.07. The summed E-state index contributed by atoms with van der Waals surface area (Å²) < 4.78 is 0. The van der Waals surface area contributed by atoms with Crippen LogP contribution in [0.5, 0.6) is 0 Å². The minimum Gasteiger partial charge on any atom is -0.350 e. The number of halogens is 1. The molecular formula is C17H19ClN2O. The van der Waals surface area contributed by atoms with Gasteiger partial charge in [0, 0.05) is 17.5 Å². The highest BCUT2D eigenvalue weighted by atomic mass is 35.5. The Bertz CT molecular complexity index is 601. The van der Waals surface area contributed by atoms with Crippen LogP contribution in [0.2, 0.25) is 5.02 Å². The molecule has 0 aromatic heterocycles. The molecule has 2 rings (SSSR count). The van der Waals surface area contributed by atoms with E-state index in [1.807, 2.05) is 61.5 Å². The maximum absolute atomic E-state index is 12.1. The lowest BCUT2D eigenvalue weighted by Gasteiger charge is -2.17. The van der Waals surface area contributed by atoms with Gasteiger partial charge in [0.1, 0.15) is 0 Å².